The molecule has 8 heteroatoms. The molecule has 2 aliphatic rings. The topological polar surface area (TPSA) is 90.0 Å². The number of likely N-dealkylation sites (tertiary alicyclic amines) is 2. The van der Waals surface area contributed by atoms with E-state index in [1.165, 1.54) is 21.9 Å². The number of carboxylic acid groups (broad SMARTS) is 1. The zero-order valence-electron chi connectivity index (χ0n) is 13.9. The molecule has 0 bridgehead atoms. The standard InChI is InChI=1S/C17H20FN3O4/c1-2-20-9-17(15(23)24)10-21(8-13(17)14(20)22)16(25)19-7-11-4-3-5-12(18)6-11/h3-6,13H,2,7-10H2,1H3,(H,19,25)(H,23,24)/t13-,17+/m1/s1. The Morgan fingerprint density at radius 3 is 2.76 bits per heavy atom. The molecular formula is C17H20FN3O4. The summed E-state index contributed by atoms with van der Waals surface area (Å²) in [6, 6.07) is 5.42. The molecule has 0 radical (unpaired) electrons. The minimum Gasteiger partial charge on any atom is -0.481 e. The van der Waals surface area contributed by atoms with Gasteiger partial charge in [-0.1, -0.05) is 12.1 Å². The Hall–Kier alpha value is -2.64. The molecule has 0 aliphatic carbocycles. The zero-order chi connectivity index (χ0) is 18.2. The van der Waals surface area contributed by atoms with Crippen molar-refractivity contribution < 1.29 is 23.9 Å². The largest absolute Gasteiger partial charge is 0.481 e. The van der Waals surface area contributed by atoms with Crippen molar-refractivity contribution in [3.05, 3.63) is 35.6 Å². The lowest BCUT2D eigenvalue weighted by atomic mass is 9.81. The molecule has 2 saturated heterocycles. The lowest BCUT2D eigenvalue weighted by Gasteiger charge is -2.24. The van der Waals surface area contributed by atoms with Crippen molar-refractivity contribution in [1.29, 1.82) is 0 Å². The molecular weight excluding hydrogens is 329 g/mol. The Balaban J connectivity index is 1.68. The smallest absolute Gasteiger partial charge is 0.317 e. The first kappa shape index (κ1) is 17.2. The van der Waals surface area contributed by atoms with Gasteiger partial charge in [-0.3, -0.25) is 9.59 Å². The van der Waals surface area contributed by atoms with E-state index in [1.807, 2.05) is 0 Å². The lowest BCUT2D eigenvalue weighted by Crippen LogP contribution is -2.44. The summed E-state index contributed by atoms with van der Waals surface area (Å²) in [7, 11) is 0. The molecule has 0 unspecified atom stereocenters. The Morgan fingerprint density at radius 1 is 1.40 bits per heavy atom. The van der Waals surface area contributed by atoms with Crippen molar-refractivity contribution >= 4 is 17.9 Å². The molecule has 0 spiro atoms. The van der Waals surface area contributed by atoms with Crippen molar-refractivity contribution in [3.8, 4) is 0 Å². The number of aliphatic carboxylic acids is 1. The first-order valence-corrected chi connectivity index (χ1v) is 8.17. The molecule has 25 heavy (non-hydrogen) atoms. The van der Waals surface area contributed by atoms with Crippen LogP contribution in [-0.4, -0.2) is 59.0 Å². The van der Waals surface area contributed by atoms with Crippen molar-refractivity contribution in [2.75, 3.05) is 26.2 Å². The van der Waals surface area contributed by atoms with Gasteiger partial charge in [-0.25, -0.2) is 9.18 Å². The molecule has 2 fully saturated rings. The molecule has 3 amide bonds. The van der Waals surface area contributed by atoms with Crippen LogP contribution in [0.2, 0.25) is 0 Å². The average Bonchev–Trinajstić information content (AvgIpc) is 3.09. The van der Waals surface area contributed by atoms with E-state index in [2.05, 4.69) is 5.32 Å². The van der Waals surface area contributed by atoms with Crippen molar-refractivity contribution in [3.63, 3.8) is 0 Å². The normalized spacial score (nSPS) is 25.2. The number of carbonyl (C=O) groups is 3. The summed E-state index contributed by atoms with van der Waals surface area (Å²) in [4.78, 5) is 39.4. The van der Waals surface area contributed by atoms with E-state index in [4.69, 9.17) is 0 Å². The summed E-state index contributed by atoms with van der Waals surface area (Å²) in [6.45, 7) is 2.58. The molecule has 2 heterocycles. The molecule has 2 N–H and O–H groups in total. The second-order valence-corrected chi connectivity index (χ2v) is 6.54. The van der Waals surface area contributed by atoms with E-state index in [0.29, 0.717) is 12.1 Å². The summed E-state index contributed by atoms with van der Waals surface area (Å²) in [5.74, 6) is -2.38. The van der Waals surface area contributed by atoms with Gasteiger partial charge in [0.15, 0.2) is 0 Å². The quantitative estimate of drug-likeness (QED) is 0.845. The van der Waals surface area contributed by atoms with Gasteiger partial charge in [-0.15, -0.1) is 0 Å². The fraction of sp³-hybridized carbons (Fsp3) is 0.471. The first-order valence-electron chi connectivity index (χ1n) is 8.17. The fourth-order valence-electron chi connectivity index (χ4n) is 3.67. The highest BCUT2D eigenvalue weighted by molar-refractivity contribution is 5.93. The lowest BCUT2D eigenvalue weighted by molar-refractivity contribution is -0.149. The number of carboxylic acids is 1. The summed E-state index contributed by atoms with van der Waals surface area (Å²) in [5.41, 5.74) is -0.641. The maximum Gasteiger partial charge on any atom is 0.317 e. The van der Waals surface area contributed by atoms with Crippen LogP contribution in [0.4, 0.5) is 9.18 Å². The Labute approximate surface area is 144 Å². The van der Waals surface area contributed by atoms with Crippen LogP contribution >= 0.6 is 0 Å². The number of carbonyl (C=O) groups excluding carboxylic acids is 2. The van der Waals surface area contributed by atoms with Crippen molar-refractivity contribution in [2.45, 2.75) is 13.5 Å². The number of amides is 3. The SMILES string of the molecule is CCN1C[C@]2(C(=O)O)CN(C(=O)NCc3cccc(F)c3)C[C@@H]2C1=O. The highest BCUT2D eigenvalue weighted by atomic mass is 19.1. The van der Waals surface area contributed by atoms with Crippen LogP contribution in [0.25, 0.3) is 0 Å². The first-order chi connectivity index (χ1) is 11.9. The molecule has 0 aromatic heterocycles. The highest BCUT2D eigenvalue weighted by Gasteiger charge is 2.62. The van der Waals surface area contributed by atoms with Crippen LogP contribution in [0.3, 0.4) is 0 Å². The van der Waals surface area contributed by atoms with Gasteiger partial charge in [0.05, 0.1) is 5.92 Å². The van der Waals surface area contributed by atoms with Gasteiger partial charge in [0, 0.05) is 32.7 Å². The van der Waals surface area contributed by atoms with Gasteiger partial charge < -0.3 is 20.2 Å². The van der Waals surface area contributed by atoms with Gasteiger partial charge in [0.25, 0.3) is 0 Å². The van der Waals surface area contributed by atoms with Crippen molar-refractivity contribution in [1.82, 2.24) is 15.1 Å². The zero-order valence-corrected chi connectivity index (χ0v) is 13.9. The van der Waals surface area contributed by atoms with Gasteiger partial charge in [0.1, 0.15) is 11.2 Å². The van der Waals surface area contributed by atoms with Crippen LogP contribution in [0.15, 0.2) is 24.3 Å². The van der Waals surface area contributed by atoms with E-state index < -0.39 is 29.2 Å². The average molecular weight is 349 g/mol. The molecule has 2 aliphatic heterocycles. The van der Waals surface area contributed by atoms with E-state index in [-0.39, 0.29) is 32.1 Å². The number of nitrogens with one attached hydrogen (secondary N) is 1. The number of fused-ring (bicyclic) bond motifs is 1. The second-order valence-electron chi connectivity index (χ2n) is 6.54. The Kier molecular flexibility index (Phi) is 4.36. The van der Waals surface area contributed by atoms with Gasteiger partial charge in [-0.05, 0) is 24.6 Å². The Morgan fingerprint density at radius 2 is 2.16 bits per heavy atom. The third-order valence-corrected chi connectivity index (χ3v) is 5.05. The van der Waals surface area contributed by atoms with Gasteiger partial charge >= 0.3 is 12.0 Å². The molecule has 7 nitrogen and oxygen atoms in total. The number of halogens is 1. The molecule has 1 aromatic rings. The molecule has 1 aromatic carbocycles. The minimum atomic E-state index is -1.25. The van der Waals surface area contributed by atoms with Gasteiger partial charge in [0.2, 0.25) is 5.91 Å². The second kappa shape index (κ2) is 6.34. The van der Waals surface area contributed by atoms with Crippen LogP contribution in [0.5, 0.6) is 0 Å². The molecule has 2 atom stereocenters. The third-order valence-electron chi connectivity index (χ3n) is 5.05. The van der Waals surface area contributed by atoms with Crippen LogP contribution in [0, 0.1) is 17.2 Å². The van der Waals surface area contributed by atoms with Crippen LogP contribution in [0.1, 0.15) is 12.5 Å². The monoisotopic (exact) mass is 349 g/mol. The fourth-order valence-corrected chi connectivity index (χ4v) is 3.67. The predicted octanol–water partition coefficient (Wildman–Crippen LogP) is 0.900. The Bertz CT molecular complexity index is 726. The maximum absolute atomic E-state index is 13.2. The number of urea groups is 1. The van der Waals surface area contributed by atoms with E-state index >= 15 is 0 Å². The minimum absolute atomic E-state index is 0.00970. The number of rotatable bonds is 4. The summed E-state index contributed by atoms with van der Waals surface area (Å²) < 4.78 is 13.2. The van der Waals surface area contributed by atoms with E-state index in [9.17, 15) is 23.9 Å². The molecule has 134 valence electrons. The van der Waals surface area contributed by atoms with E-state index in [1.54, 1.807) is 19.1 Å². The number of nitrogens with zero attached hydrogens (tertiary/aromatic N) is 2. The van der Waals surface area contributed by atoms with Crippen molar-refractivity contribution in [2.24, 2.45) is 11.3 Å². The molecule has 0 saturated carbocycles. The summed E-state index contributed by atoms with van der Waals surface area (Å²) in [6.07, 6.45) is 0. The highest BCUT2D eigenvalue weighted by Crippen LogP contribution is 2.43. The van der Waals surface area contributed by atoms with Crippen LogP contribution < -0.4 is 5.32 Å². The van der Waals surface area contributed by atoms with Crippen LogP contribution in [-0.2, 0) is 16.1 Å². The molecule has 3 rings (SSSR count). The predicted molar refractivity (Wildman–Crippen MR) is 86.0 cm³/mol. The summed E-state index contributed by atoms with van der Waals surface area (Å²) in [5, 5.41) is 12.3. The number of benzene rings is 1. The number of hydrogen-bond acceptors (Lipinski definition) is 3. The van der Waals surface area contributed by atoms with E-state index in [0.717, 1.165) is 0 Å². The van der Waals surface area contributed by atoms with Gasteiger partial charge in [-0.2, -0.15) is 0 Å². The summed E-state index contributed by atoms with van der Waals surface area (Å²) >= 11 is 0. The number of hydrogen-bond donors (Lipinski definition) is 2. The third kappa shape index (κ3) is 2.92. The maximum atomic E-state index is 13.2.